The number of pyridine rings is 1. The molecule has 0 saturated heterocycles. The van der Waals surface area contributed by atoms with Crippen molar-refractivity contribution in [2.75, 3.05) is 13.7 Å². The number of carbonyl (C=O) groups excluding carboxylic acids is 1. The highest BCUT2D eigenvalue weighted by atomic mass is 16.5. The molecule has 0 aliphatic carbocycles. The Kier molecular flexibility index (Phi) is 5.97. The second-order valence-electron chi connectivity index (χ2n) is 5.97. The molecule has 0 fully saturated rings. The van der Waals surface area contributed by atoms with E-state index < -0.39 is 0 Å². The van der Waals surface area contributed by atoms with Gasteiger partial charge in [-0.2, -0.15) is 5.26 Å². The minimum absolute atomic E-state index is 0.191. The highest BCUT2D eigenvalue weighted by Crippen LogP contribution is 2.28. The molecule has 0 unspecified atom stereocenters. The average molecular weight is 376 g/mol. The minimum atomic E-state index is -0.191. The Hall–Kier alpha value is -3.73. The first-order chi connectivity index (χ1) is 13.7. The molecule has 1 aromatic carbocycles. The molecule has 0 bridgehead atoms. The third-order valence-corrected chi connectivity index (χ3v) is 4.33. The third kappa shape index (κ3) is 3.99. The van der Waals surface area contributed by atoms with Gasteiger partial charge in [0.15, 0.2) is 0 Å². The van der Waals surface area contributed by atoms with Crippen molar-refractivity contribution in [3.63, 3.8) is 0 Å². The highest BCUT2D eigenvalue weighted by Gasteiger charge is 2.14. The van der Waals surface area contributed by atoms with Gasteiger partial charge >= 0.3 is 0 Å². The molecular formula is C20H20N6O2. The van der Waals surface area contributed by atoms with Crippen LogP contribution in [0, 0.1) is 11.3 Å². The summed E-state index contributed by atoms with van der Waals surface area (Å²) in [5.41, 5.74) is 2.26. The number of benzene rings is 1. The lowest BCUT2D eigenvalue weighted by Gasteiger charge is -2.10. The Labute approximate surface area is 162 Å². The molecule has 3 rings (SSSR count). The number of carbonyl (C=O) groups is 1. The van der Waals surface area contributed by atoms with Crippen LogP contribution in [0.5, 0.6) is 5.88 Å². The monoisotopic (exact) mass is 376 g/mol. The topological polar surface area (TPSA) is 106 Å². The van der Waals surface area contributed by atoms with Gasteiger partial charge in [-0.3, -0.25) is 4.79 Å². The van der Waals surface area contributed by atoms with Crippen LogP contribution in [-0.4, -0.2) is 39.3 Å². The molecule has 0 spiro atoms. The van der Waals surface area contributed by atoms with Crippen molar-refractivity contribution >= 4 is 5.91 Å². The number of nitriles is 1. The SMILES string of the molecule is CCn1cnnc1CCNC(=O)c1cccc(-c2ccnc(OC)c2C#N)c1. The Morgan fingerprint density at radius 1 is 1.36 bits per heavy atom. The molecule has 0 aliphatic rings. The minimum Gasteiger partial charge on any atom is -0.480 e. The van der Waals surface area contributed by atoms with E-state index >= 15 is 0 Å². The van der Waals surface area contributed by atoms with Crippen LogP contribution in [0.15, 0.2) is 42.9 Å². The molecule has 8 nitrogen and oxygen atoms in total. The number of aromatic nitrogens is 4. The molecule has 2 aromatic heterocycles. The normalized spacial score (nSPS) is 10.3. The fourth-order valence-corrected chi connectivity index (χ4v) is 2.90. The second kappa shape index (κ2) is 8.77. The zero-order valence-electron chi connectivity index (χ0n) is 15.7. The fourth-order valence-electron chi connectivity index (χ4n) is 2.90. The maximum atomic E-state index is 12.5. The maximum Gasteiger partial charge on any atom is 0.251 e. The number of aryl methyl sites for hydroxylation is 1. The number of nitrogens with one attached hydrogen (secondary N) is 1. The summed E-state index contributed by atoms with van der Waals surface area (Å²) >= 11 is 0. The number of hydrogen-bond donors (Lipinski definition) is 1. The van der Waals surface area contributed by atoms with Crippen LogP contribution in [0.4, 0.5) is 0 Å². The van der Waals surface area contributed by atoms with Crippen molar-refractivity contribution in [3.05, 3.63) is 59.8 Å². The van der Waals surface area contributed by atoms with E-state index in [0.29, 0.717) is 29.7 Å². The molecule has 1 N–H and O–H groups in total. The van der Waals surface area contributed by atoms with Crippen LogP contribution in [-0.2, 0) is 13.0 Å². The quantitative estimate of drug-likeness (QED) is 0.678. The summed E-state index contributed by atoms with van der Waals surface area (Å²) in [6.45, 7) is 3.25. The second-order valence-corrected chi connectivity index (χ2v) is 5.97. The molecule has 28 heavy (non-hydrogen) atoms. The Morgan fingerprint density at radius 2 is 2.21 bits per heavy atom. The summed E-state index contributed by atoms with van der Waals surface area (Å²) in [6, 6.07) is 11.0. The van der Waals surface area contributed by atoms with Gasteiger partial charge in [0.05, 0.1) is 7.11 Å². The highest BCUT2D eigenvalue weighted by molar-refractivity contribution is 5.95. The standard InChI is InChI=1S/C20H20N6O2/c1-3-26-13-24-25-18(26)8-10-22-19(27)15-6-4-5-14(11-15)16-7-9-23-20(28-2)17(16)12-21/h4-7,9,11,13H,3,8,10H2,1-2H3,(H,22,27). The Bertz CT molecular complexity index is 1020. The number of rotatable bonds is 7. The van der Waals surface area contributed by atoms with Crippen LogP contribution in [0.25, 0.3) is 11.1 Å². The summed E-state index contributed by atoms with van der Waals surface area (Å²) in [5, 5.41) is 20.3. The van der Waals surface area contributed by atoms with Crippen molar-refractivity contribution < 1.29 is 9.53 Å². The third-order valence-electron chi connectivity index (χ3n) is 4.33. The van der Waals surface area contributed by atoms with Crippen LogP contribution >= 0.6 is 0 Å². The lowest BCUT2D eigenvalue weighted by Crippen LogP contribution is -2.26. The van der Waals surface area contributed by atoms with Crippen LogP contribution < -0.4 is 10.1 Å². The predicted molar refractivity (Wildman–Crippen MR) is 103 cm³/mol. The van der Waals surface area contributed by atoms with E-state index in [2.05, 4.69) is 26.6 Å². The fraction of sp³-hybridized carbons (Fsp3) is 0.250. The molecule has 1 amide bonds. The lowest BCUT2D eigenvalue weighted by atomic mass is 9.99. The van der Waals surface area contributed by atoms with Crippen molar-refractivity contribution in [2.45, 2.75) is 19.9 Å². The largest absolute Gasteiger partial charge is 0.480 e. The average Bonchev–Trinajstić information content (AvgIpc) is 3.20. The summed E-state index contributed by atoms with van der Waals surface area (Å²) in [5.74, 6) is 0.901. The summed E-state index contributed by atoms with van der Waals surface area (Å²) in [7, 11) is 1.47. The molecule has 142 valence electrons. The van der Waals surface area contributed by atoms with E-state index in [-0.39, 0.29) is 11.8 Å². The zero-order valence-corrected chi connectivity index (χ0v) is 15.7. The summed E-state index contributed by atoms with van der Waals surface area (Å²) in [6.07, 6.45) is 3.85. The number of amides is 1. The Morgan fingerprint density at radius 3 is 2.96 bits per heavy atom. The van der Waals surface area contributed by atoms with Gasteiger partial charge in [-0.05, 0) is 30.7 Å². The van der Waals surface area contributed by atoms with Gasteiger partial charge in [-0.15, -0.1) is 10.2 Å². The number of hydrogen-bond acceptors (Lipinski definition) is 6. The number of ether oxygens (including phenoxy) is 1. The molecular weight excluding hydrogens is 356 g/mol. The Balaban J connectivity index is 1.75. The zero-order chi connectivity index (χ0) is 19.9. The molecule has 8 heteroatoms. The summed E-state index contributed by atoms with van der Waals surface area (Å²) in [4.78, 5) is 16.6. The van der Waals surface area contributed by atoms with E-state index in [4.69, 9.17) is 4.74 Å². The molecule has 3 aromatic rings. The van der Waals surface area contributed by atoms with Gasteiger partial charge in [-0.1, -0.05) is 12.1 Å². The van der Waals surface area contributed by atoms with Crippen LogP contribution in [0.3, 0.4) is 0 Å². The predicted octanol–water partition coefficient (Wildman–Crippen LogP) is 2.21. The molecule has 2 heterocycles. The van der Waals surface area contributed by atoms with Gasteiger partial charge in [0, 0.05) is 36.8 Å². The first kappa shape index (κ1) is 19.0. The van der Waals surface area contributed by atoms with Crippen molar-refractivity contribution in [1.82, 2.24) is 25.1 Å². The smallest absolute Gasteiger partial charge is 0.251 e. The van der Waals surface area contributed by atoms with Crippen molar-refractivity contribution in [2.24, 2.45) is 0 Å². The van der Waals surface area contributed by atoms with Crippen molar-refractivity contribution in [3.8, 4) is 23.1 Å². The van der Waals surface area contributed by atoms with Gasteiger partial charge in [0.2, 0.25) is 5.88 Å². The first-order valence-corrected chi connectivity index (χ1v) is 8.86. The molecule has 0 saturated carbocycles. The van der Waals surface area contributed by atoms with E-state index in [1.807, 2.05) is 17.6 Å². The summed E-state index contributed by atoms with van der Waals surface area (Å²) < 4.78 is 7.10. The van der Waals surface area contributed by atoms with E-state index in [1.54, 1.807) is 36.8 Å². The van der Waals surface area contributed by atoms with E-state index in [9.17, 15) is 10.1 Å². The van der Waals surface area contributed by atoms with Crippen molar-refractivity contribution in [1.29, 1.82) is 5.26 Å². The van der Waals surface area contributed by atoms with Crippen LogP contribution in [0.1, 0.15) is 28.7 Å². The number of nitrogens with zero attached hydrogens (tertiary/aromatic N) is 5. The van der Waals surface area contributed by atoms with Gasteiger partial charge < -0.3 is 14.6 Å². The lowest BCUT2D eigenvalue weighted by molar-refractivity contribution is 0.0954. The van der Waals surface area contributed by atoms with Gasteiger partial charge in [0.1, 0.15) is 23.8 Å². The molecule has 0 atom stereocenters. The van der Waals surface area contributed by atoms with Crippen LogP contribution in [0.2, 0.25) is 0 Å². The van der Waals surface area contributed by atoms with Gasteiger partial charge in [0.25, 0.3) is 5.91 Å². The maximum absolute atomic E-state index is 12.5. The molecule has 0 radical (unpaired) electrons. The first-order valence-electron chi connectivity index (χ1n) is 8.86. The molecule has 0 aliphatic heterocycles. The van der Waals surface area contributed by atoms with E-state index in [0.717, 1.165) is 17.9 Å². The number of methoxy groups -OCH3 is 1. The van der Waals surface area contributed by atoms with Gasteiger partial charge in [-0.25, -0.2) is 4.98 Å². The van der Waals surface area contributed by atoms with E-state index in [1.165, 1.54) is 7.11 Å².